The smallest absolute Gasteiger partial charge is 0.356 e. The minimum atomic E-state index is -1.35. The molecule has 0 aliphatic carbocycles. The molecule has 13 heavy (non-hydrogen) atoms. The summed E-state index contributed by atoms with van der Waals surface area (Å²) in [4.78, 5) is 24.4. The van der Waals surface area contributed by atoms with E-state index in [1.807, 2.05) is 0 Å². The van der Waals surface area contributed by atoms with E-state index in [2.05, 4.69) is 4.98 Å². The van der Waals surface area contributed by atoms with Crippen LogP contribution in [0.4, 0.5) is 0 Å². The first-order chi connectivity index (χ1) is 6.04. The van der Waals surface area contributed by atoms with Crippen LogP contribution >= 0.6 is 11.6 Å². The standard InChI is InChI=1S/C7H4ClNO4/c8-4-3(6(10)11)1-2-9-5(4)7(12)13/h1-2H,(H,10,11)(H,12,13). The van der Waals surface area contributed by atoms with Gasteiger partial charge in [0.25, 0.3) is 0 Å². The molecule has 0 saturated carbocycles. The minimum absolute atomic E-state index is 0.269. The van der Waals surface area contributed by atoms with Crippen molar-refractivity contribution in [3.8, 4) is 0 Å². The second kappa shape index (κ2) is 3.40. The van der Waals surface area contributed by atoms with Crippen LogP contribution in [0.1, 0.15) is 20.8 Å². The van der Waals surface area contributed by atoms with Gasteiger partial charge < -0.3 is 10.2 Å². The second-order valence-electron chi connectivity index (χ2n) is 2.13. The van der Waals surface area contributed by atoms with Crippen LogP contribution in [0.15, 0.2) is 12.3 Å². The molecule has 1 rings (SSSR count). The van der Waals surface area contributed by atoms with Crippen molar-refractivity contribution < 1.29 is 19.8 Å². The van der Waals surface area contributed by atoms with Crippen molar-refractivity contribution in [2.75, 3.05) is 0 Å². The summed E-state index contributed by atoms with van der Waals surface area (Å²) in [5.74, 6) is -2.64. The third kappa shape index (κ3) is 1.75. The molecule has 6 heteroatoms. The van der Waals surface area contributed by atoms with Crippen LogP contribution in [0.5, 0.6) is 0 Å². The van der Waals surface area contributed by atoms with Crippen LogP contribution in [0.3, 0.4) is 0 Å². The molecule has 1 aromatic rings. The zero-order valence-electron chi connectivity index (χ0n) is 6.19. The molecule has 0 aromatic carbocycles. The number of carboxylic acids is 2. The lowest BCUT2D eigenvalue weighted by Gasteiger charge is -2.00. The zero-order valence-corrected chi connectivity index (χ0v) is 6.95. The van der Waals surface area contributed by atoms with E-state index in [9.17, 15) is 9.59 Å². The van der Waals surface area contributed by atoms with Gasteiger partial charge in [-0.2, -0.15) is 0 Å². The Bertz CT molecular complexity index is 345. The Labute approximate surface area is 77.6 Å². The van der Waals surface area contributed by atoms with Gasteiger partial charge in [0.2, 0.25) is 0 Å². The molecule has 0 fully saturated rings. The monoisotopic (exact) mass is 201 g/mol. The Morgan fingerprint density at radius 2 is 1.92 bits per heavy atom. The maximum Gasteiger partial charge on any atom is 0.356 e. The predicted molar refractivity (Wildman–Crippen MR) is 43.2 cm³/mol. The number of aromatic carboxylic acids is 2. The summed E-state index contributed by atoms with van der Waals surface area (Å²) < 4.78 is 0. The molecule has 68 valence electrons. The topological polar surface area (TPSA) is 87.5 Å². The third-order valence-electron chi connectivity index (χ3n) is 1.32. The molecular weight excluding hydrogens is 198 g/mol. The Balaban J connectivity index is 3.35. The molecule has 0 amide bonds. The van der Waals surface area contributed by atoms with Crippen molar-refractivity contribution in [1.29, 1.82) is 0 Å². The maximum atomic E-state index is 10.5. The summed E-state index contributed by atoms with van der Waals surface area (Å²) in [6, 6.07) is 1.14. The number of carbonyl (C=O) groups is 2. The normalized spacial score (nSPS) is 9.62. The van der Waals surface area contributed by atoms with E-state index >= 15 is 0 Å². The molecule has 0 bridgehead atoms. The molecule has 0 atom stereocenters. The number of nitrogens with zero attached hydrogens (tertiary/aromatic N) is 1. The average Bonchev–Trinajstić information content (AvgIpc) is 2.03. The highest BCUT2D eigenvalue weighted by atomic mass is 35.5. The van der Waals surface area contributed by atoms with Crippen molar-refractivity contribution in [2.24, 2.45) is 0 Å². The molecule has 0 spiro atoms. The summed E-state index contributed by atoms with van der Waals surface area (Å²) in [6.07, 6.45) is 1.08. The fourth-order valence-corrected chi connectivity index (χ4v) is 1.03. The number of rotatable bonds is 2. The second-order valence-corrected chi connectivity index (χ2v) is 2.51. The van der Waals surface area contributed by atoms with Gasteiger partial charge in [0.05, 0.1) is 10.6 Å². The van der Waals surface area contributed by atoms with E-state index in [1.54, 1.807) is 0 Å². The van der Waals surface area contributed by atoms with Crippen LogP contribution in [0, 0.1) is 0 Å². The Morgan fingerprint density at radius 3 is 2.38 bits per heavy atom. The van der Waals surface area contributed by atoms with Crippen molar-refractivity contribution in [1.82, 2.24) is 4.98 Å². The van der Waals surface area contributed by atoms with E-state index in [0.29, 0.717) is 0 Å². The van der Waals surface area contributed by atoms with E-state index in [1.165, 1.54) is 0 Å². The van der Waals surface area contributed by atoms with Crippen LogP contribution in [-0.2, 0) is 0 Å². The summed E-state index contributed by atoms with van der Waals surface area (Å²) in [7, 11) is 0. The van der Waals surface area contributed by atoms with Gasteiger partial charge in [0.15, 0.2) is 5.69 Å². The largest absolute Gasteiger partial charge is 0.478 e. The van der Waals surface area contributed by atoms with Crippen molar-refractivity contribution >= 4 is 23.5 Å². The quantitative estimate of drug-likeness (QED) is 0.749. The maximum absolute atomic E-state index is 10.5. The molecular formula is C7H4ClNO4. The number of hydrogen-bond acceptors (Lipinski definition) is 3. The number of halogens is 1. The molecule has 2 N–H and O–H groups in total. The molecule has 1 aromatic heterocycles. The molecule has 1 heterocycles. The van der Waals surface area contributed by atoms with Gasteiger partial charge in [0.1, 0.15) is 0 Å². The molecule has 0 unspecified atom stereocenters. The van der Waals surface area contributed by atoms with E-state index in [4.69, 9.17) is 21.8 Å². The first-order valence-electron chi connectivity index (χ1n) is 3.15. The Hall–Kier alpha value is -1.62. The molecule has 5 nitrogen and oxygen atoms in total. The van der Waals surface area contributed by atoms with Gasteiger partial charge in [0, 0.05) is 6.20 Å². The predicted octanol–water partition coefficient (Wildman–Crippen LogP) is 1.13. The van der Waals surface area contributed by atoms with Gasteiger partial charge in [-0.3, -0.25) is 0 Å². The van der Waals surface area contributed by atoms with Gasteiger partial charge in [-0.1, -0.05) is 11.6 Å². The van der Waals surface area contributed by atoms with Crippen LogP contribution in [-0.4, -0.2) is 27.1 Å². The summed E-state index contributed by atoms with van der Waals surface area (Å²) in [5.41, 5.74) is -0.726. The van der Waals surface area contributed by atoms with Crippen LogP contribution in [0.25, 0.3) is 0 Å². The van der Waals surface area contributed by atoms with Crippen molar-refractivity contribution in [2.45, 2.75) is 0 Å². The van der Waals surface area contributed by atoms with Gasteiger partial charge in [-0.15, -0.1) is 0 Å². The third-order valence-corrected chi connectivity index (χ3v) is 1.70. The Morgan fingerprint density at radius 1 is 1.31 bits per heavy atom. The van der Waals surface area contributed by atoms with Gasteiger partial charge in [-0.25, -0.2) is 14.6 Å². The summed E-state index contributed by atoms with van der Waals surface area (Å²) in [5, 5.41) is 16.7. The minimum Gasteiger partial charge on any atom is -0.478 e. The molecule has 0 radical (unpaired) electrons. The Kier molecular flexibility index (Phi) is 2.48. The van der Waals surface area contributed by atoms with Gasteiger partial charge >= 0.3 is 11.9 Å². The lowest BCUT2D eigenvalue weighted by molar-refractivity contribution is 0.0690. The van der Waals surface area contributed by atoms with E-state index in [0.717, 1.165) is 12.3 Å². The zero-order chi connectivity index (χ0) is 10.0. The van der Waals surface area contributed by atoms with Crippen LogP contribution < -0.4 is 0 Å². The fourth-order valence-electron chi connectivity index (χ4n) is 0.758. The van der Waals surface area contributed by atoms with Gasteiger partial charge in [-0.05, 0) is 6.07 Å². The number of pyridine rings is 1. The first-order valence-corrected chi connectivity index (χ1v) is 3.53. The SMILES string of the molecule is O=C(O)c1ccnc(C(=O)O)c1Cl. The average molecular weight is 202 g/mol. The highest BCUT2D eigenvalue weighted by Crippen LogP contribution is 2.18. The van der Waals surface area contributed by atoms with Crippen molar-refractivity contribution in [3.63, 3.8) is 0 Å². The number of carboxylic acid groups (broad SMARTS) is 2. The van der Waals surface area contributed by atoms with E-state index < -0.39 is 17.6 Å². The lowest BCUT2D eigenvalue weighted by atomic mass is 10.2. The first kappa shape index (κ1) is 9.47. The number of hydrogen-bond donors (Lipinski definition) is 2. The number of aromatic nitrogens is 1. The molecule has 0 saturated heterocycles. The highest BCUT2D eigenvalue weighted by Gasteiger charge is 2.17. The van der Waals surface area contributed by atoms with Crippen LogP contribution in [0.2, 0.25) is 5.02 Å². The summed E-state index contributed by atoms with van der Waals surface area (Å²) >= 11 is 5.47. The summed E-state index contributed by atoms with van der Waals surface area (Å²) in [6.45, 7) is 0. The molecule has 0 aliphatic heterocycles. The van der Waals surface area contributed by atoms with E-state index in [-0.39, 0.29) is 10.6 Å². The molecule has 0 aliphatic rings. The lowest BCUT2D eigenvalue weighted by Crippen LogP contribution is -2.06. The highest BCUT2D eigenvalue weighted by molar-refractivity contribution is 6.35. The fraction of sp³-hybridized carbons (Fsp3) is 0. The van der Waals surface area contributed by atoms with Crippen molar-refractivity contribution in [3.05, 3.63) is 28.5 Å².